The van der Waals surface area contributed by atoms with Crippen LogP contribution in [0.3, 0.4) is 0 Å². The molecule has 0 aliphatic heterocycles. The van der Waals surface area contributed by atoms with E-state index < -0.39 is 0 Å². The maximum atomic E-state index is 5.93. The molecule has 19 heavy (non-hydrogen) atoms. The molecule has 0 saturated heterocycles. The van der Waals surface area contributed by atoms with Crippen molar-refractivity contribution >= 4 is 22.6 Å². The first-order chi connectivity index (χ1) is 9.19. The summed E-state index contributed by atoms with van der Waals surface area (Å²) in [5.41, 5.74) is 3.04. The quantitative estimate of drug-likeness (QED) is 0.650. The SMILES string of the molecule is COc1ccc2c(-c3ccc(Cl)cc3)c(C)oc2c1. The van der Waals surface area contributed by atoms with Gasteiger partial charge in [0.1, 0.15) is 17.1 Å². The fourth-order valence-corrected chi connectivity index (χ4v) is 2.43. The molecule has 1 heterocycles. The molecule has 0 N–H and O–H groups in total. The van der Waals surface area contributed by atoms with Crippen molar-refractivity contribution in [1.29, 1.82) is 0 Å². The maximum Gasteiger partial charge on any atom is 0.138 e. The van der Waals surface area contributed by atoms with E-state index in [-0.39, 0.29) is 0 Å². The average Bonchev–Trinajstić information content (AvgIpc) is 2.74. The number of methoxy groups -OCH3 is 1. The molecule has 3 heteroatoms. The van der Waals surface area contributed by atoms with Crippen LogP contribution in [0.5, 0.6) is 5.75 Å². The summed E-state index contributed by atoms with van der Waals surface area (Å²) in [6.45, 7) is 1.97. The summed E-state index contributed by atoms with van der Waals surface area (Å²) in [6, 6.07) is 13.7. The molecule has 2 nitrogen and oxygen atoms in total. The van der Waals surface area contributed by atoms with E-state index in [0.29, 0.717) is 0 Å². The summed E-state index contributed by atoms with van der Waals surface area (Å²) in [7, 11) is 1.65. The lowest BCUT2D eigenvalue weighted by molar-refractivity contribution is 0.414. The molecule has 0 bridgehead atoms. The van der Waals surface area contributed by atoms with Gasteiger partial charge in [-0.15, -0.1) is 0 Å². The van der Waals surface area contributed by atoms with Crippen molar-refractivity contribution in [2.75, 3.05) is 7.11 Å². The normalized spacial score (nSPS) is 10.9. The van der Waals surface area contributed by atoms with Crippen LogP contribution in [0.2, 0.25) is 5.02 Å². The van der Waals surface area contributed by atoms with E-state index in [1.54, 1.807) is 7.11 Å². The van der Waals surface area contributed by atoms with Gasteiger partial charge in [0, 0.05) is 22.0 Å². The minimum atomic E-state index is 0.732. The Labute approximate surface area is 116 Å². The number of furan rings is 1. The largest absolute Gasteiger partial charge is 0.497 e. The Hall–Kier alpha value is -1.93. The van der Waals surface area contributed by atoms with Crippen molar-refractivity contribution < 1.29 is 9.15 Å². The van der Waals surface area contributed by atoms with Gasteiger partial charge in [-0.1, -0.05) is 23.7 Å². The zero-order valence-electron chi connectivity index (χ0n) is 10.7. The first kappa shape index (κ1) is 12.1. The first-order valence-corrected chi connectivity index (χ1v) is 6.40. The van der Waals surface area contributed by atoms with Gasteiger partial charge in [-0.25, -0.2) is 0 Å². The van der Waals surface area contributed by atoms with Crippen molar-refractivity contribution in [2.24, 2.45) is 0 Å². The minimum Gasteiger partial charge on any atom is -0.497 e. The van der Waals surface area contributed by atoms with E-state index in [1.165, 1.54) is 0 Å². The second-order valence-corrected chi connectivity index (χ2v) is 4.84. The molecule has 0 aliphatic rings. The van der Waals surface area contributed by atoms with E-state index in [2.05, 4.69) is 0 Å². The molecule has 0 aliphatic carbocycles. The Balaban J connectivity index is 2.23. The van der Waals surface area contributed by atoms with Gasteiger partial charge < -0.3 is 9.15 Å². The number of aryl methyl sites for hydroxylation is 1. The monoisotopic (exact) mass is 272 g/mol. The molecule has 0 unspecified atom stereocenters. The Morgan fingerprint density at radius 1 is 1.05 bits per heavy atom. The maximum absolute atomic E-state index is 5.93. The second-order valence-electron chi connectivity index (χ2n) is 4.40. The number of rotatable bonds is 2. The summed E-state index contributed by atoms with van der Waals surface area (Å²) in [4.78, 5) is 0. The van der Waals surface area contributed by atoms with Crippen LogP contribution in [0.15, 0.2) is 46.9 Å². The van der Waals surface area contributed by atoms with Crippen LogP contribution in [-0.2, 0) is 0 Å². The number of halogens is 1. The highest BCUT2D eigenvalue weighted by Crippen LogP contribution is 2.36. The summed E-state index contributed by atoms with van der Waals surface area (Å²) in [5.74, 6) is 1.69. The van der Waals surface area contributed by atoms with Gasteiger partial charge in [0.15, 0.2) is 0 Å². The lowest BCUT2D eigenvalue weighted by Gasteiger charge is -2.01. The summed E-state index contributed by atoms with van der Waals surface area (Å²) in [6.07, 6.45) is 0. The first-order valence-electron chi connectivity index (χ1n) is 6.02. The fraction of sp³-hybridized carbons (Fsp3) is 0.125. The average molecular weight is 273 g/mol. The van der Waals surface area contributed by atoms with Gasteiger partial charge in [0.05, 0.1) is 7.11 Å². The van der Waals surface area contributed by atoms with E-state index in [9.17, 15) is 0 Å². The zero-order chi connectivity index (χ0) is 13.4. The van der Waals surface area contributed by atoms with Gasteiger partial charge in [0.2, 0.25) is 0 Å². The Morgan fingerprint density at radius 3 is 2.47 bits per heavy atom. The van der Waals surface area contributed by atoms with Crippen LogP contribution in [0.25, 0.3) is 22.1 Å². The molecule has 96 valence electrons. The van der Waals surface area contributed by atoms with Crippen molar-refractivity contribution in [1.82, 2.24) is 0 Å². The molecule has 2 aromatic carbocycles. The van der Waals surface area contributed by atoms with Crippen LogP contribution < -0.4 is 4.74 Å². The van der Waals surface area contributed by atoms with Crippen molar-refractivity contribution in [2.45, 2.75) is 6.92 Å². The summed E-state index contributed by atoms with van der Waals surface area (Å²) < 4.78 is 11.0. The van der Waals surface area contributed by atoms with Crippen molar-refractivity contribution in [3.8, 4) is 16.9 Å². The number of ether oxygens (including phenoxy) is 1. The summed E-state index contributed by atoms with van der Waals surface area (Å²) in [5, 5.41) is 1.82. The fourth-order valence-electron chi connectivity index (χ4n) is 2.30. The minimum absolute atomic E-state index is 0.732. The number of benzene rings is 2. The number of fused-ring (bicyclic) bond motifs is 1. The molecule has 0 saturated carbocycles. The highest BCUT2D eigenvalue weighted by atomic mass is 35.5. The molecule has 0 fully saturated rings. The van der Waals surface area contributed by atoms with Gasteiger partial charge in [-0.05, 0) is 36.8 Å². The van der Waals surface area contributed by atoms with Gasteiger partial charge in [-0.3, -0.25) is 0 Å². The van der Waals surface area contributed by atoms with Crippen LogP contribution in [0.1, 0.15) is 5.76 Å². The van der Waals surface area contributed by atoms with Crippen molar-refractivity contribution in [3.05, 3.63) is 53.2 Å². The van der Waals surface area contributed by atoms with Crippen LogP contribution in [-0.4, -0.2) is 7.11 Å². The molecule has 3 aromatic rings. The van der Waals surface area contributed by atoms with Crippen LogP contribution in [0.4, 0.5) is 0 Å². The molecule has 1 aromatic heterocycles. The lowest BCUT2D eigenvalue weighted by Crippen LogP contribution is -1.81. The third-order valence-electron chi connectivity index (χ3n) is 3.21. The molecule has 0 amide bonds. The van der Waals surface area contributed by atoms with E-state index in [4.69, 9.17) is 20.8 Å². The van der Waals surface area contributed by atoms with Crippen LogP contribution >= 0.6 is 11.6 Å². The van der Waals surface area contributed by atoms with E-state index in [1.807, 2.05) is 49.4 Å². The van der Waals surface area contributed by atoms with Gasteiger partial charge in [-0.2, -0.15) is 0 Å². The predicted molar refractivity (Wildman–Crippen MR) is 77.9 cm³/mol. The molecular formula is C16H13ClO2. The van der Waals surface area contributed by atoms with Crippen LogP contribution in [0, 0.1) is 6.92 Å². The van der Waals surface area contributed by atoms with E-state index >= 15 is 0 Å². The molecule has 0 atom stereocenters. The molecular weight excluding hydrogens is 260 g/mol. The van der Waals surface area contributed by atoms with E-state index in [0.717, 1.165) is 38.6 Å². The standard InChI is InChI=1S/C16H13ClO2/c1-10-16(11-3-5-12(17)6-4-11)14-8-7-13(18-2)9-15(14)19-10/h3-9H,1-2H3. The predicted octanol–water partition coefficient (Wildman–Crippen LogP) is 5.07. The topological polar surface area (TPSA) is 22.4 Å². The Kier molecular flexibility index (Phi) is 2.96. The molecule has 0 spiro atoms. The van der Waals surface area contributed by atoms with Gasteiger partial charge >= 0.3 is 0 Å². The third kappa shape index (κ3) is 2.08. The Morgan fingerprint density at radius 2 is 1.79 bits per heavy atom. The summed E-state index contributed by atoms with van der Waals surface area (Å²) >= 11 is 5.93. The molecule has 0 radical (unpaired) electrons. The Bertz CT molecular complexity index is 726. The van der Waals surface area contributed by atoms with Gasteiger partial charge in [0.25, 0.3) is 0 Å². The number of hydrogen-bond acceptors (Lipinski definition) is 2. The molecule has 3 rings (SSSR count). The second kappa shape index (κ2) is 4.63. The third-order valence-corrected chi connectivity index (χ3v) is 3.46. The lowest BCUT2D eigenvalue weighted by atomic mass is 10.0. The highest BCUT2D eigenvalue weighted by molar-refractivity contribution is 6.30. The zero-order valence-corrected chi connectivity index (χ0v) is 11.5. The van der Waals surface area contributed by atoms with Crippen molar-refractivity contribution in [3.63, 3.8) is 0 Å². The smallest absolute Gasteiger partial charge is 0.138 e. The number of hydrogen-bond donors (Lipinski definition) is 0. The highest BCUT2D eigenvalue weighted by Gasteiger charge is 2.13.